The summed E-state index contributed by atoms with van der Waals surface area (Å²) in [7, 11) is 0. The van der Waals surface area contributed by atoms with E-state index in [1.807, 2.05) is 5.38 Å². The molecule has 1 heterocycles. The molecule has 0 N–H and O–H groups in total. The van der Waals surface area contributed by atoms with Gasteiger partial charge in [0.05, 0.1) is 18.7 Å². The lowest BCUT2D eigenvalue weighted by molar-refractivity contribution is -0.143. The van der Waals surface area contributed by atoms with Gasteiger partial charge in [0.25, 0.3) is 0 Å². The van der Waals surface area contributed by atoms with Gasteiger partial charge in [0.1, 0.15) is 10.8 Å². The molecule has 0 aliphatic carbocycles. The highest BCUT2D eigenvalue weighted by Crippen LogP contribution is 2.24. The van der Waals surface area contributed by atoms with Crippen molar-refractivity contribution in [3.63, 3.8) is 0 Å². The molecule has 1 aromatic heterocycles. The molecular weight excluding hydrogens is 289 g/mol. The Morgan fingerprint density at radius 2 is 2.24 bits per heavy atom. The van der Waals surface area contributed by atoms with Crippen LogP contribution in [0.1, 0.15) is 26.0 Å². The summed E-state index contributed by atoms with van der Waals surface area (Å²) in [6.45, 7) is 4.61. The van der Waals surface area contributed by atoms with E-state index in [1.165, 1.54) is 23.5 Å². The molecule has 0 unspecified atom stereocenters. The van der Waals surface area contributed by atoms with Crippen LogP contribution in [-0.2, 0) is 16.0 Å². The number of carbonyl (C=O) groups is 1. The first kappa shape index (κ1) is 15.6. The second-order valence-corrected chi connectivity index (χ2v) is 6.09. The zero-order valence-electron chi connectivity index (χ0n) is 12.1. The fourth-order valence-corrected chi connectivity index (χ4v) is 2.57. The van der Waals surface area contributed by atoms with Gasteiger partial charge in [0, 0.05) is 10.9 Å². The third kappa shape index (κ3) is 4.93. The highest BCUT2D eigenvalue weighted by molar-refractivity contribution is 7.13. The number of carbonyl (C=O) groups excluding carboxylic acids is 1. The van der Waals surface area contributed by atoms with Gasteiger partial charge in [-0.25, -0.2) is 9.37 Å². The topological polar surface area (TPSA) is 39.2 Å². The van der Waals surface area contributed by atoms with Crippen LogP contribution in [-0.4, -0.2) is 17.6 Å². The van der Waals surface area contributed by atoms with Crippen LogP contribution in [0.25, 0.3) is 10.6 Å². The van der Waals surface area contributed by atoms with Gasteiger partial charge in [0.2, 0.25) is 0 Å². The van der Waals surface area contributed by atoms with Crippen molar-refractivity contribution in [1.29, 1.82) is 0 Å². The van der Waals surface area contributed by atoms with Crippen molar-refractivity contribution in [2.75, 3.05) is 6.61 Å². The Morgan fingerprint density at radius 1 is 1.43 bits per heavy atom. The predicted molar refractivity (Wildman–Crippen MR) is 81.6 cm³/mol. The average Bonchev–Trinajstić information content (AvgIpc) is 2.86. The molecule has 5 heteroatoms. The number of benzene rings is 1. The lowest BCUT2D eigenvalue weighted by Crippen LogP contribution is -2.10. The summed E-state index contributed by atoms with van der Waals surface area (Å²) in [6, 6.07) is 6.27. The number of nitrogens with zero attached hydrogens (tertiary/aromatic N) is 1. The fourth-order valence-electron chi connectivity index (χ4n) is 1.75. The monoisotopic (exact) mass is 307 g/mol. The van der Waals surface area contributed by atoms with E-state index in [4.69, 9.17) is 4.74 Å². The summed E-state index contributed by atoms with van der Waals surface area (Å²) in [4.78, 5) is 16.0. The Balaban J connectivity index is 1.93. The van der Waals surface area contributed by atoms with Crippen molar-refractivity contribution < 1.29 is 13.9 Å². The molecule has 0 saturated heterocycles. The van der Waals surface area contributed by atoms with Gasteiger partial charge in [-0.1, -0.05) is 26.0 Å². The lowest BCUT2D eigenvalue weighted by Gasteiger charge is -2.05. The molecule has 0 aliphatic rings. The Hall–Kier alpha value is -1.75. The number of thiazole rings is 1. The molecule has 112 valence electrons. The van der Waals surface area contributed by atoms with Crippen LogP contribution < -0.4 is 0 Å². The number of hydrogen-bond acceptors (Lipinski definition) is 4. The number of rotatable bonds is 6. The first-order chi connectivity index (χ1) is 10.0. The first-order valence-corrected chi connectivity index (χ1v) is 7.78. The first-order valence-electron chi connectivity index (χ1n) is 6.90. The largest absolute Gasteiger partial charge is 0.465 e. The predicted octanol–water partition coefficient (Wildman–Crippen LogP) is 4.08. The summed E-state index contributed by atoms with van der Waals surface area (Å²) in [6.07, 6.45) is 1.02. The lowest BCUT2D eigenvalue weighted by atomic mass is 10.1. The molecule has 0 spiro atoms. The zero-order chi connectivity index (χ0) is 15.2. The van der Waals surface area contributed by atoms with Gasteiger partial charge in [-0.05, 0) is 24.5 Å². The Bertz CT molecular complexity index is 610. The molecule has 0 fully saturated rings. The molecule has 0 amide bonds. The van der Waals surface area contributed by atoms with E-state index in [9.17, 15) is 9.18 Å². The van der Waals surface area contributed by atoms with E-state index in [-0.39, 0.29) is 18.2 Å². The van der Waals surface area contributed by atoms with Crippen LogP contribution in [0.3, 0.4) is 0 Å². The molecular formula is C16H18FNO2S. The van der Waals surface area contributed by atoms with Crippen LogP contribution in [0, 0.1) is 11.7 Å². The van der Waals surface area contributed by atoms with E-state index >= 15 is 0 Å². The van der Waals surface area contributed by atoms with Crippen molar-refractivity contribution in [2.45, 2.75) is 26.7 Å². The maximum atomic E-state index is 13.2. The third-order valence-electron chi connectivity index (χ3n) is 2.91. The Kier molecular flexibility index (Phi) is 5.44. The van der Waals surface area contributed by atoms with Crippen LogP contribution >= 0.6 is 11.3 Å². The van der Waals surface area contributed by atoms with Crippen molar-refractivity contribution in [3.05, 3.63) is 41.2 Å². The fraction of sp³-hybridized carbons (Fsp3) is 0.375. The maximum absolute atomic E-state index is 13.2. The Morgan fingerprint density at radius 3 is 2.95 bits per heavy atom. The molecule has 0 bridgehead atoms. The molecule has 0 aliphatic heterocycles. The quantitative estimate of drug-likeness (QED) is 0.755. The van der Waals surface area contributed by atoms with Crippen molar-refractivity contribution in [1.82, 2.24) is 4.98 Å². The van der Waals surface area contributed by atoms with Crippen LogP contribution in [0.15, 0.2) is 29.6 Å². The van der Waals surface area contributed by atoms with Gasteiger partial charge >= 0.3 is 5.97 Å². The van der Waals surface area contributed by atoms with Crippen molar-refractivity contribution in [3.8, 4) is 10.6 Å². The minimum Gasteiger partial charge on any atom is -0.465 e. The summed E-state index contributed by atoms with van der Waals surface area (Å²) >= 11 is 1.40. The summed E-state index contributed by atoms with van der Waals surface area (Å²) < 4.78 is 18.3. The minimum atomic E-state index is -0.294. The van der Waals surface area contributed by atoms with Gasteiger partial charge in [-0.3, -0.25) is 4.79 Å². The highest BCUT2D eigenvalue weighted by atomic mass is 32.1. The smallest absolute Gasteiger partial charge is 0.311 e. The van der Waals surface area contributed by atoms with Crippen LogP contribution in [0.5, 0.6) is 0 Å². The van der Waals surface area contributed by atoms with Gasteiger partial charge in [-0.15, -0.1) is 11.3 Å². The van der Waals surface area contributed by atoms with E-state index in [1.54, 1.807) is 12.1 Å². The molecule has 2 aromatic rings. The van der Waals surface area contributed by atoms with Gasteiger partial charge in [0.15, 0.2) is 0 Å². The van der Waals surface area contributed by atoms with Crippen molar-refractivity contribution in [2.24, 2.45) is 5.92 Å². The minimum absolute atomic E-state index is 0.157. The summed E-state index contributed by atoms with van der Waals surface area (Å²) in [5, 5.41) is 2.52. The molecule has 0 radical (unpaired) electrons. The van der Waals surface area contributed by atoms with Gasteiger partial charge in [-0.2, -0.15) is 0 Å². The third-order valence-corrected chi connectivity index (χ3v) is 3.85. The second kappa shape index (κ2) is 7.31. The van der Waals surface area contributed by atoms with Gasteiger partial charge < -0.3 is 4.74 Å². The molecule has 2 rings (SSSR count). The number of aromatic nitrogens is 1. The molecule has 0 atom stereocenters. The summed E-state index contributed by atoms with van der Waals surface area (Å²) in [5.74, 6) is -0.0549. The van der Waals surface area contributed by atoms with Crippen molar-refractivity contribution >= 4 is 17.3 Å². The van der Waals surface area contributed by atoms with E-state index in [0.29, 0.717) is 23.2 Å². The normalized spacial score (nSPS) is 10.9. The number of halogens is 1. The number of hydrogen-bond donors (Lipinski definition) is 0. The second-order valence-electron chi connectivity index (χ2n) is 5.23. The maximum Gasteiger partial charge on any atom is 0.311 e. The van der Waals surface area contributed by atoms with Crippen LogP contribution in [0.4, 0.5) is 4.39 Å². The number of ether oxygens (including phenoxy) is 1. The summed E-state index contributed by atoms with van der Waals surface area (Å²) in [5.41, 5.74) is 1.38. The zero-order valence-corrected chi connectivity index (χ0v) is 13.0. The van der Waals surface area contributed by atoms with Crippen LogP contribution in [0.2, 0.25) is 0 Å². The number of esters is 1. The van der Waals surface area contributed by atoms with E-state index in [2.05, 4.69) is 18.8 Å². The average molecular weight is 307 g/mol. The Labute approximate surface area is 127 Å². The molecule has 1 aromatic carbocycles. The van der Waals surface area contributed by atoms with E-state index in [0.717, 1.165) is 12.0 Å². The molecule has 21 heavy (non-hydrogen) atoms. The molecule has 0 saturated carbocycles. The van der Waals surface area contributed by atoms with E-state index < -0.39 is 0 Å². The highest BCUT2D eigenvalue weighted by Gasteiger charge is 2.10. The standard InChI is InChI=1S/C16H18FNO2S/c1-11(2)6-7-20-15(19)9-14-10-21-16(18-14)12-4-3-5-13(17)8-12/h3-5,8,10-11H,6-7,9H2,1-2H3. The SMILES string of the molecule is CC(C)CCOC(=O)Cc1csc(-c2cccc(F)c2)n1. The molecule has 3 nitrogen and oxygen atoms in total.